The minimum absolute atomic E-state index is 0.126. The predicted octanol–water partition coefficient (Wildman–Crippen LogP) is 4.11. The molecule has 0 bridgehead atoms. The SMILES string of the molecule is COc1ccc([C@@H](C)NC(=O)c2cncc(Br)c2)cc1Br. The van der Waals surface area contributed by atoms with E-state index in [0.717, 1.165) is 20.3 Å². The lowest BCUT2D eigenvalue weighted by atomic mass is 10.1. The molecule has 4 nitrogen and oxygen atoms in total. The third kappa shape index (κ3) is 4.04. The lowest BCUT2D eigenvalue weighted by Crippen LogP contribution is -2.26. The zero-order chi connectivity index (χ0) is 15.4. The standard InChI is InChI=1S/C15H14Br2N2O2/c1-9(10-3-4-14(21-2)13(17)6-10)19-15(20)11-5-12(16)8-18-7-11/h3-9H,1-2H3,(H,19,20)/t9-/m1/s1. The molecule has 0 radical (unpaired) electrons. The first-order valence-corrected chi connectivity index (χ1v) is 7.84. The Hall–Kier alpha value is -1.40. The highest BCUT2D eigenvalue weighted by atomic mass is 79.9. The monoisotopic (exact) mass is 412 g/mol. The van der Waals surface area contributed by atoms with Gasteiger partial charge in [-0.05, 0) is 62.5 Å². The lowest BCUT2D eigenvalue weighted by Gasteiger charge is -2.15. The normalized spacial score (nSPS) is 11.8. The van der Waals surface area contributed by atoms with Gasteiger partial charge in [-0.2, -0.15) is 0 Å². The summed E-state index contributed by atoms with van der Waals surface area (Å²) in [4.78, 5) is 16.2. The number of ether oxygens (including phenoxy) is 1. The third-order valence-corrected chi connectivity index (χ3v) is 4.04. The number of nitrogens with one attached hydrogen (secondary N) is 1. The van der Waals surface area contributed by atoms with Gasteiger partial charge in [0.1, 0.15) is 5.75 Å². The second kappa shape index (κ2) is 7.04. The number of hydrogen-bond acceptors (Lipinski definition) is 3. The number of carbonyl (C=O) groups is 1. The highest BCUT2D eigenvalue weighted by Gasteiger charge is 2.13. The molecule has 1 heterocycles. The van der Waals surface area contributed by atoms with Crippen LogP contribution in [-0.4, -0.2) is 18.0 Å². The number of amides is 1. The van der Waals surface area contributed by atoms with E-state index in [1.54, 1.807) is 19.4 Å². The van der Waals surface area contributed by atoms with Crippen LogP contribution >= 0.6 is 31.9 Å². The van der Waals surface area contributed by atoms with Gasteiger partial charge < -0.3 is 10.1 Å². The van der Waals surface area contributed by atoms with Crippen molar-refractivity contribution < 1.29 is 9.53 Å². The van der Waals surface area contributed by atoms with Gasteiger partial charge in [-0.15, -0.1) is 0 Å². The van der Waals surface area contributed by atoms with Crippen molar-refractivity contribution in [1.82, 2.24) is 10.3 Å². The summed E-state index contributed by atoms with van der Waals surface area (Å²) in [6.45, 7) is 1.93. The molecular weight excluding hydrogens is 400 g/mol. The minimum atomic E-state index is -0.164. The molecule has 1 aromatic carbocycles. The highest BCUT2D eigenvalue weighted by Crippen LogP contribution is 2.28. The maximum absolute atomic E-state index is 12.2. The molecule has 2 rings (SSSR count). The van der Waals surface area contributed by atoms with Gasteiger partial charge in [-0.1, -0.05) is 6.07 Å². The van der Waals surface area contributed by atoms with Gasteiger partial charge in [-0.25, -0.2) is 0 Å². The van der Waals surface area contributed by atoms with Crippen LogP contribution in [0.2, 0.25) is 0 Å². The molecule has 0 fully saturated rings. The molecule has 0 saturated heterocycles. The molecule has 110 valence electrons. The Morgan fingerprint density at radius 3 is 2.67 bits per heavy atom. The second-order valence-electron chi connectivity index (χ2n) is 4.48. The van der Waals surface area contributed by atoms with E-state index in [-0.39, 0.29) is 11.9 Å². The first kappa shape index (κ1) is 16.0. The quantitative estimate of drug-likeness (QED) is 0.820. The molecule has 1 N–H and O–H groups in total. The Morgan fingerprint density at radius 2 is 2.05 bits per heavy atom. The molecule has 0 aliphatic rings. The fourth-order valence-electron chi connectivity index (χ4n) is 1.85. The van der Waals surface area contributed by atoms with Crippen molar-refractivity contribution in [3.8, 4) is 5.75 Å². The number of methoxy groups -OCH3 is 1. The fraction of sp³-hybridized carbons (Fsp3) is 0.200. The van der Waals surface area contributed by atoms with Crippen molar-refractivity contribution in [2.24, 2.45) is 0 Å². The molecule has 6 heteroatoms. The van der Waals surface area contributed by atoms with E-state index in [1.807, 2.05) is 25.1 Å². The predicted molar refractivity (Wildman–Crippen MR) is 88.5 cm³/mol. The minimum Gasteiger partial charge on any atom is -0.496 e. The number of rotatable bonds is 4. The zero-order valence-corrected chi connectivity index (χ0v) is 14.7. The summed E-state index contributed by atoms with van der Waals surface area (Å²) in [5.74, 6) is 0.594. The summed E-state index contributed by atoms with van der Waals surface area (Å²) in [5.41, 5.74) is 1.50. The first-order valence-electron chi connectivity index (χ1n) is 6.26. The van der Waals surface area contributed by atoms with Gasteiger partial charge in [-0.3, -0.25) is 9.78 Å². The molecular formula is C15H14Br2N2O2. The van der Waals surface area contributed by atoms with Gasteiger partial charge in [0, 0.05) is 16.9 Å². The number of pyridine rings is 1. The van der Waals surface area contributed by atoms with Crippen LogP contribution in [0, 0.1) is 0 Å². The summed E-state index contributed by atoms with van der Waals surface area (Å²) >= 11 is 6.75. The third-order valence-electron chi connectivity index (χ3n) is 2.99. The van der Waals surface area contributed by atoms with Crippen LogP contribution < -0.4 is 10.1 Å². The summed E-state index contributed by atoms with van der Waals surface area (Å²) in [6, 6.07) is 7.33. The maximum Gasteiger partial charge on any atom is 0.253 e. The Balaban J connectivity index is 2.12. The second-order valence-corrected chi connectivity index (χ2v) is 6.25. The molecule has 1 atom stereocenters. The van der Waals surface area contributed by atoms with Crippen molar-refractivity contribution >= 4 is 37.8 Å². The number of nitrogens with zero attached hydrogens (tertiary/aromatic N) is 1. The smallest absolute Gasteiger partial charge is 0.253 e. The van der Waals surface area contributed by atoms with E-state index in [2.05, 4.69) is 42.2 Å². The largest absolute Gasteiger partial charge is 0.496 e. The van der Waals surface area contributed by atoms with E-state index in [9.17, 15) is 4.79 Å². The molecule has 0 aliphatic carbocycles. The first-order chi connectivity index (χ1) is 10.0. The molecule has 0 unspecified atom stereocenters. The fourth-order valence-corrected chi connectivity index (χ4v) is 2.77. The topological polar surface area (TPSA) is 51.2 Å². The number of halogens is 2. The van der Waals surface area contributed by atoms with Crippen LogP contribution in [0.3, 0.4) is 0 Å². The number of carbonyl (C=O) groups excluding carboxylic acids is 1. The lowest BCUT2D eigenvalue weighted by molar-refractivity contribution is 0.0939. The molecule has 21 heavy (non-hydrogen) atoms. The van der Waals surface area contributed by atoms with Crippen LogP contribution in [0.25, 0.3) is 0 Å². The number of aromatic nitrogens is 1. The van der Waals surface area contributed by atoms with Gasteiger partial charge in [0.05, 0.1) is 23.2 Å². The average molecular weight is 414 g/mol. The Bertz CT molecular complexity index is 662. The van der Waals surface area contributed by atoms with E-state index in [1.165, 1.54) is 6.20 Å². The van der Waals surface area contributed by atoms with Gasteiger partial charge in [0.2, 0.25) is 0 Å². The van der Waals surface area contributed by atoms with Crippen molar-refractivity contribution in [2.45, 2.75) is 13.0 Å². The highest BCUT2D eigenvalue weighted by molar-refractivity contribution is 9.10. The Kier molecular flexibility index (Phi) is 5.36. The van der Waals surface area contributed by atoms with Crippen LogP contribution in [0.15, 0.2) is 45.6 Å². The van der Waals surface area contributed by atoms with Crippen LogP contribution in [0.4, 0.5) is 0 Å². The van der Waals surface area contributed by atoms with E-state index < -0.39 is 0 Å². The van der Waals surface area contributed by atoms with Crippen molar-refractivity contribution in [3.05, 3.63) is 56.7 Å². The summed E-state index contributed by atoms with van der Waals surface area (Å²) in [5, 5.41) is 2.94. The zero-order valence-electron chi connectivity index (χ0n) is 11.6. The van der Waals surface area contributed by atoms with E-state index >= 15 is 0 Å². The molecule has 0 saturated carbocycles. The molecule has 0 aliphatic heterocycles. The van der Waals surface area contributed by atoms with Gasteiger partial charge in [0.25, 0.3) is 5.91 Å². The van der Waals surface area contributed by atoms with E-state index in [0.29, 0.717) is 5.56 Å². The van der Waals surface area contributed by atoms with Crippen LogP contribution in [0.5, 0.6) is 5.75 Å². The Labute approximate surface area is 140 Å². The Morgan fingerprint density at radius 1 is 1.29 bits per heavy atom. The van der Waals surface area contributed by atoms with Crippen molar-refractivity contribution in [3.63, 3.8) is 0 Å². The van der Waals surface area contributed by atoms with Crippen molar-refractivity contribution in [1.29, 1.82) is 0 Å². The van der Waals surface area contributed by atoms with Crippen LogP contribution in [0.1, 0.15) is 28.9 Å². The molecule has 2 aromatic rings. The molecule has 0 spiro atoms. The molecule has 1 aromatic heterocycles. The summed E-state index contributed by atoms with van der Waals surface area (Å²) < 4.78 is 6.82. The van der Waals surface area contributed by atoms with Gasteiger partial charge in [0.15, 0.2) is 0 Å². The summed E-state index contributed by atoms with van der Waals surface area (Å²) in [6.07, 6.45) is 3.18. The number of hydrogen-bond donors (Lipinski definition) is 1. The van der Waals surface area contributed by atoms with E-state index in [4.69, 9.17) is 4.74 Å². The maximum atomic E-state index is 12.2. The van der Waals surface area contributed by atoms with Gasteiger partial charge >= 0.3 is 0 Å². The summed E-state index contributed by atoms with van der Waals surface area (Å²) in [7, 11) is 1.62. The molecule has 1 amide bonds. The van der Waals surface area contributed by atoms with Crippen LogP contribution in [-0.2, 0) is 0 Å². The van der Waals surface area contributed by atoms with Crippen molar-refractivity contribution in [2.75, 3.05) is 7.11 Å². The number of benzene rings is 1. The average Bonchev–Trinajstić information content (AvgIpc) is 2.47.